The lowest BCUT2D eigenvalue weighted by Gasteiger charge is -1.95. The predicted molar refractivity (Wildman–Crippen MR) is 39.4 cm³/mol. The third kappa shape index (κ3) is 2.29. The van der Waals surface area contributed by atoms with Crippen molar-refractivity contribution in [2.45, 2.75) is 6.42 Å². The smallest absolute Gasteiger partial charge is 0.307 e. The van der Waals surface area contributed by atoms with E-state index in [1.807, 2.05) is 0 Å². The fourth-order valence-electron chi connectivity index (χ4n) is 0.788. The number of carboxylic acids is 1. The van der Waals surface area contributed by atoms with E-state index in [1.165, 1.54) is 12.1 Å². The third-order valence-electron chi connectivity index (χ3n) is 1.29. The van der Waals surface area contributed by atoms with E-state index in [-0.39, 0.29) is 12.2 Å². The standard InChI is InChI=1S/C8H8O3/c9-7-3-1-6(2-4-7)5-8(10)11/h1-4,9H,5H2,(H,10,11)/i9+2. The molecule has 0 radical (unpaired) electrons. The van der Waals surface area contributed by atoms with Gasteiger partial charge in [0.25, 0.3) is 0 Å². The highest BCUT2D eigenvalue weighted by Gasteiger charge is 1.98. The predicted octanol–water partition coefficient (Wildman–Crippen LogP) is 1.02. The molecule has 3 heteroatoms. The minimum absolute atomic E-state index is 0.000278. The number of carbonyl (C=O) groups is 1. The maximum atomic E-state index is 10.2. The summed E-state index contributed by atoms with van der Waals surface area (Å²) in [4.78, 5) is 10.2. The molecule has 0 fully saturated rings. The molecule has 1 rings (SSSR count). The van der Waals surface area contributed by atoms with Gasteiger partial charge in [-0.15, -0.1) is 0 Å². The lowest BCUT2D eigenvalue weighted by molar-refractivity contribution is -0.136. The molecule has 0 aliphatic carbocycles. The number of aliphatic carboxylic acids is 1. The quantitative estimate of drug-likeness (QED) is 0.625. The van der Waals surface area contributed by atoms with Crippen LogP contribution in [0.3, 0.4) is 0 Å². The van der Waals surface area contributed by atoms with Gasteiger partial charge in [0.05, 0.1) is 6.42 Å². The molecule has 0 heterocycles. The van der Waals surface area contributed by atoms with Crippen LogP contribution >= 0.6 is 0 Å². The van der Waals surface area contributed by atoms with E-state index in [4.69, 9.17) is 10.2 Å². The van der Waals surface area contributed by atoms with E-state index >= 15 is 0 Å². The van der Waals surface area contributed by atoms with Gasteiger partial charge in [0, 0.05) is 0 Å². The molecule has 1 aromatic carbocycles. The van der Waals surface area contributed by atoms with Crippen LogP contribution in [0.25, 0.3) is 0 Å². The first-order valence-corrected chi connectivity index (χ1v) is 3.18. The fraction of sp³-hybridized carbons (Fsp3) is 0.125. The van der Waals surface area contributed by atoms with E-state index in [2.05, 4.69) is 0 Å². The summed E-state index contributed by atoms with van der Waals surface area (Å²) in [5, 5.41) is 17.2. The Morgan fingerprint density at radius 1 is 1.36 bits per heavy atom. The molecule has 0 amide bonds. The SMILES string of the molecule is O=C(O)Cc1ccc([18OH])cc1. The van der Waals surface area contributed by atoms with Crippen LogP contribution in [0, 0.1) is 0 Å². The van der Waals surface area contributed by atoms with E-state index in [9.17, 15) is 4.79 Å². The van der Waals surface area contributed by atoms with Gasteiger partial charge in [-0.05, 0) is 17.7 Å². The number of rotatable bonds is 2. The number of carboxylic acid groups (broad SMARTS) is 1. The number of hydrogen-bond acceptors (Lipinski definition) is 2. The van der Waals surface area contributed by atoms with Crippen LogP contribution in [0.1, 0.15) is 5.56 Å². The van der Waals surface area contributed by atoms with Gasteiger partial charge in [-0.25, -0.2) is 0 Å². The molecular formula is C8H8O3. The Bertz CT molecular complexity index is 251. The van der Waals surface area contributed by atoms with E-state index in [1.54, 1.807) is 12.1 Å². The van der Waals surface area contributed by atoms with Crippen LogP contribution in [0.4, 0.5) is 0 Å². The molecule has 3 nitrogen and oxygen atoms in total. The van der Waals surface area contributed by atoms with Crippen LogP contribution in [-0.4, -0.2) is 16.2 Å². The molecule has 0 bridgehead atoms. The van der Waals surface area contributed by atoms with Gasteiger partial charge in [-0.1, -0.05) is 12.1 Å². The molecule has 0 aliphatic heterocycles. The van der Waals surface area contributed by atoms with E-state index in [0.717, 1.165) is 0 Å². The number of phenolic OH excluding ortho intramolecular Hbond substituents is 1. The Hall–Kier alpha value is -1.51. The molecule has 0 aliphatic rings. The van der Waals surface area contributed by atoms with Gasteiger partial charge in [-0.2, -0.15) is 0 Å². The van der Waals surface area contributed by atoms with Crippen molar-refractivity contribution in [2.24, 2.45) is 0 Å². The summed E-state index contributed by atoms with van der Waals surface area (Å²) >= 11 is 0. The minimum Gasteiger partial charge on any atom is -0.508 e. The van der Waals surface area contributed by atoms with Gasteiger partial charge in [-0.3, -0.25) is 4.79 Å². The third-order valence-corrected chi connectivity index (χ3v) is 1.29. The zero-order valence-electron chi connectivity index (χ0n) is 5.82. The van der Waals surface area contributed by atoms with Crippen molar-refractivity contribution in [2.75, 3.05) is 0 Å². The molecule has 11 heavy (non-hydrogen) atoms. The first-order chi connectivity index (χ1) is 5.18. The summed E-state index contributed by atoms with van der Waals surface area (Å²) in [6.07, 6.45) is 0.000278. The molecule has 0 saturated heterocycles. The molecule has 0 saturated carbocycles. The van der Waals surface area contributed by atoms with Gasteiger partial charge in [0.2, 0.25) is 0 Å². The number of aromatic hydroxyl groups is 1. The van der Waals surface area contributed by atoms with Crippen molar-refractivity contribution in [3.63, 3.8) is 0 Å². The van der Waals surface area contributed by atoms with Crippen molar-refractivity contribution < 1.29 is 15.0 Å². The van der Waals surface area contributed by atoms with Gasteiger partial charge in [0.1, 0.15) is 5.75 Å². The Balaban J connectivity index is 2.74. The maximum absolute atomic E-state index is 10.2. The fourth-order valence-corrected chi connectivity index (χ4v) is 0.788. The topological polar surface area (TPSA) is 57.5 Å². The zero-order chi connectivity index (χ0) is 8.27. The van der Waals surface area contributed by atoms with Crippen LogP contribution < -0.4 is 0 Å². The summed E-state index contributed by atoms with van der Waals surface area (Å²) in [6.45, 7) is 0. The van der Waals surface area contributed by atoms with Crippen LogP contribution in [0.5, 0.6) is 5.75 Å². The van der Waals surface area contributed by atoms with Gasteiger partial charge >= 0.3 is 5.97 Å². The molecule has 0 spiro atoms. The summed E-state index contributed by atoms with van der Waals surface area (Å²) in [6, 6.07) is 6.11. The van der Waals surface area contributed by atoms with Crippen molar-refractivity contribution in [1.29, 1.82) is 0 Å². The molecule has 0 atom stereocenters. The lowest BCUT2D eigenvalue weighted by atomic mass is 10.1. The molecule has 58 valence electrons. The minimum atomic E-state index is -0.865. The second kappa shape index (κ2) is 3.05. The normalized spacial score (nSPS) is 9.45. The van der Waals surface area contributed by atoms with Crippen molar-refractivity contribution >= 4 is 5.97 Å². The molecule has 0 unspecified atom stereocenters. The zero-order valence-corrected chi connectivity index (χ0v) is 5.82. The van der Waals surface area contributed by atoms with Crippen LogP contribution in [0.15, 0.2) is 24.3 Å². The Morgan fingerprint density at radius 3 is 2.36 bits per heavy atom. The molecule has 2 N–H and O–H groups in total. The Morgan fingerprint density at radius 2 is 1.91 bits per heavy atom. The number of phenols is 1. The monoisotopic (exact) mass is 154 g/mol. The average Bonchev–Trinajstić information content (AvgIpc) is 1.93. The highest BCUT2D eigenvalue weighted by atomic mass is 18.2. The number of benzene rings is 1. The molecular weight excluding hydrogens is 146 g/mol. The summed E-state index contributed by atoms with van der Waals surface area (Å²) in [7, 11) is 0. The van der Waals surface area contributed by atoms with Gasteiger partial charge < -0.3 is 10.2 Å². The molecule has 1 aromatic rings. The highest BCUT2D eigenvalue weighted by molar-refractivity contribution is 5.70. The average molecular weight is 154 g/mol. The summed E-state index contributed by atoms with van der Waals surface area (Å²) < 4.78 is 0. The van der Waals surface area contributed by atoms with E-state index < -0.39 is 5.97 Å². The van der Waals surface area contributed by atoms with Crippen molar-refractivity contribution in [3.8, 4) is 5.75 Å². The maximum Gasteiger partial charge on any atom is 0.307 e. The van der Waals surface area contributed by atoms with Crippen molar-refractivity contribution in [3.05, 3.63) is 29.8 Å². The van der Waals surface area contributed by atoms with Crippen molar-refractivity contribution in [1.82, 2.24) is 0 Å². The summed E-state index contributed by atoms with van der Waals surface area (Å²) in [5.41, 5.74) is 0.690. The Labute approximate surface area is 63.9 Å². The highest BCUT2D eigenvalue weighted by Crippen LogP contribution is 2.09. The van der Waals surface area contributed by atoms with Crippen LogP contribution in [0.2, 0.25) is 0 Å². The second-order valence-corrected chi connectivity index (χ2v) is 2.24. The first kappa shape index (κ1) is 7.60. The molecule has 0 aromatic heterocycles. The Kier molecular flexibility index (Phi) is 2.11. The van der Waals surface area contributed by atoms with Gasteiger partial charge in [0.15, 0.2) is 0 Å². The lowest BCUT2D eigenvalue weighted by Crippen LogP contribution is -1.98. The largest absolute Gasteiger partial charge is 0.508 e. The summed E-state index contributed by atoms with van der Waals surface area (Å²) in [5.74, 6) is -0.713. The first-order valence-electron chi connectivity index (χ1n) is 3.18. The second-order valence-electron chi connectivity index (χ2n) is 2.24. The van der Waals surface area contributed by atoms with Crippen LogP contribution in [-0.2, 0) is 11.2 Å². The van der Waals surface area contributed by atoms with E-state index in [0.29, 0.717) is 5.56 Å². The number of hydrogen-bond donors (Lipinski definition) is 2.